The molecule has 0 aliphatic rings. The highest BCUT2D eigenvalue weighted by molar-refractivity contribution is 6.05. The van der Waals surface area contributed by atoms with Crippen molar-refractivity contribution in [1.82, 2.24) is 0 Å². The van der Waals surface area contributed by atoms with E-state index in [1.807, 2.05) is 78.9 Å². The molecule has 0 heterocycles. The maximum atomic E-state index is 12.6. The summed E-state index contributed by atoms with van der Waals surface area (Å²) < 4.78 is 5.91. The Morgan fingerprint density at radius 1 is 0.852 bits per heavy atom. The highest BCUT2D eigenvalue weighted by Gasteiger charge is 2.15. The Bertz CT molecular complexity index is 894. The van der Waals surface area contributed by atoms with Crippen LogP contribution in [0.15, 0.2) is 78.9 Å². The first-order valence-electron chi connectivity index (χ1n) is 9.11. The summed E-state index contributed by atoms with van der Waals surface area (Å²) in [7, 11) is 0. The number of carbonyl (C=O) groups excluding carboxylic acids is 1. The predicted octanol–water partition coefficient (Wildman–Crippen LogP) is 5.82. The van der Waals surface area contributed by atoms with Gasteiger partial charge in [-0.15, -0.1) is 0 Å². The molecule has 0 aliphatic carbocycles. The Balaban J connectivity index is 1.71. The van der Waals surface area contributed by atoms with Gasteiger partial charge in [-0.3, -0.25) is 4.79 Å². The standard InChI is InChI=1S/C24H25NO2/c1-24(2,3)20-15-13-19(14-16-20)23(26)25-21-11-7-8-12-22(21)27-17-18-9-5-4-6-10-18/h4-16H,17H2,1-3H3,(H,25,26). The lowest BCUT2D eigenvalue weighted by Gasteiger charge is -2.19. The second-order valence-electron chi connectivity index (χ2n) is 7.55. The highest BCUT2D eigenvalue weighted by atomic mass is 16.5. The Labute approximate surface area is 161 Å². The fourth-order valence-electron chi connectivity index (χ4n) is 2.75. The Morgan fingerprint density at radius 2 is 1.48 bits per heavy atom. The van der Waals surface area contributed by atoms with E-state index >= 15 is 0 Å². The first kappa shape index (κ1) is 18.7. The lowest BCUT2D eigenvalue weighted by Crippen LogP contribution is -2.15. The van der Waals surface area contributed by atoms with Crippen LogP contribution < -0.4 is 10.1 Å². The van der Waals surface area contributed by atoms with Gasteiger partial charge in [-0.25, -0.2) is 0 Å². The van der Waals surface area contributed by atoms with Crippen LogP contribution in [0.2, 0.25) is 0 Å². The molecule has 3 nitrogen and oxygen atoms in total. The van der Waals surface area contributed by atoms with Crippen LogP contribution in [0.1, 0.15) is 42.3 Å². The van der Waals surface area contributed by atoms with Crippen LogP contribution in [0, 0.1) is 0 Å². The molecule has 0 atom stereocenters. The molecule has 0 radical (unpaired) electrons. The molecule has 0 spiro atoms. The van der Waals surface area contributed by atoms with Gasteiger partial charge in [0.25, 0.3) is 5.91 Å². The molecule has 3 heteroatoms. The molecule has 0 saturated carbocycles. The van der Waals surface area contributed by atoms with Gasteiger partial charge in [0.1, 0.15) is 12.4 Å². The van der Waals surface area contributed by atoms with Crippen molar-refractivity contribution in [3.05, 3.63) is 95.6 Å². The number of amides is 1. The minimum atomic E-state index is -0.147. The van der Waals surface area contributed by atoms with Crippen LogP contribution in [0.4, 0.5) is 5.69 Å². The zero-order valence-electron chi connectivity index (χ0n) is 16.0. The summed E-state index contributed by atoms with van der Waals surface area (Å²) in [6, 6.07) is 25.2. The largest absolute Gasteiger partial charge is 0.487 e. The lowest BCUT2D eigenvalue weighted by molar-refractivity contribution is 0.102. The van der Waals surface area contributed by atoms with Crippen LogP contribution in [0.3, 0.4) is 0 Å². The van der Waals surface area contributed by atoms with Gasteiger partial charge < -0.3 is 10.1 Å². The van der Waals surface area contributed by atoms with Gasteiger partial charge in [-0.1, -0.05) is 75.4 Å². The SMILES string of the molecule is CC(C)(C)c1ccc(C(=O)Nc2ccccc2OCc2ccccc2)cc1. The maximum absolute atomic E-state index is 12.6. The highest BCUT2D eigenvalue weighted by Crippen LogP contribution is 2.26. The third-order valence-corrected chi connectivity index (χ3v) is 4.39. The summed E-state index contributed by atoms with van der Waals surface area (Å²) in [4.78, 5) is 12.6. The molecular formula is C24H25NO2. The van der Waals surface area contributed by atoms with E-state index < -0.39 is 0 Å². The predicted molar refractivity (Wildman–Crippen MR) is 110 cm³/mol. The number of benzene rings is 3. The molecule has 0 unspecified atom stereocenters. The zero-order chi connectivity index (χ0) is 19.3. The molecule has 3 aromatic carbocycles. The Morgan fingerprint density at radius 3 is 2.15 bits per heavy atom. The molecule has 0 aromatic heterocycles. The minimum Gasteiger partial charge on any atom is -0.487 e. The molecular weight excluding hydrogens is 334 g/mol. The summed E-state index contributed by atoms with van der Waals surface area (Å²) in [6.45, 7) is 6.92. The fourth-order valence-corrected chi connectivity index (χ4v) is 2.75. The van der Waals surface area contributed by atoms with Gasteiger partial charge in [0.15, 0.2) is 0 Å². The van der Waals surface area contributed by atoms with Crippen LogP contribution in [-0.4, -0.2) is 5.91 Å². The Hall–Kier alpha value is -3.07. The van der Waals surface area contributed by atoms with Crippen molar-refractivity contribution in [1.29, 1.82) is 0 Å². The van der Waals surface area contributed by atoms with Gasteiger partial charge in [0.2, 0.25) is 0 Å². The van der Waals surface area contributed by atoms with E-state index in [4.69, 9.17) is 4.74 Å². The average molecular weight is 359 g/mol. The van der Waals surface area contributed by atoms with Crippen molar-refractivity contribution in [2.75, 3.05) is 5.32 Å². The van der Waals surface area contributed by atoms with Crippen LogP contribution in [0.5, 0.6) is 5.75 Å². The summed E-state index contributed by atoms with van der Waals surface area (Å²) >= 11 is 0. The molecule has 1 N–H and O–H groups in total. The molecule has 0 aliphatic heterocycles. The molecule has 0 fully saturated rings. The molecule has 1 amide bonds. The second kappa shape index (κ2) is 8.09. The van der Waals surface area contributed by atoms with Crippen molar-refractivity contribution in [2.45, 2.75) is 32.8 Å². The minimum absolute atomic E-state index is 0.0624. The van der Waals surface area contributed by atoms with E-state index in [0.29, 0.717) is 23.6 Å². The Kier molecular flexibility index (Phi) is 5.60. The molecule has 0 saturated heterocycles. The van der Waals surface area contributed by atoms with E-state index in [1.54, 1.807) is 0 Å². The van der Waals surface area contributed by atoms with E-state index in [2.05, 4.69) is 26.1 Å². The van der Waals surface area contributed by atoms with Crippen molar-refractivity contribution in [3.63, 3.8) is 0 Å². The first-order valence-corrected chi connectivity index (χ1v) is 9.11. The number of rotatable bonds is 5. The molecule has 3 rings (SSSR count). The summed E-state index contributed by atoms with van der Waals surface area (Å²) in [5, 5.41) is 2.96. The molecule has 3 aromatic rings. The van der Waals surface area contributed by atoms with E-state index in [0.717, 1.165) is 5.56 Å². The maximum Gasteiger partial charge on any atom is 0.255 e. The van der Waals surface area contributed by atoms with Gasteiger partial charge in [0.05, 0.1) is 5.69 Å². The number of ether oxygens (including phenoxy) is 1. The number of para-hydroxylation sites is 2. The van der Waals surface area contributed by atoms with Gasteiger partial charge in [-0.2, -0.15) is 0 Å². The van der Waals surface area contributed by atoms with Crippen LogP contribution >= 0.6 is 0 Å². The van der Waals surface area contributed by atoms with Crippen molar-refractivity contribution in [3.8, 4) is 5.75 Å². The number of nitrogens with one attached hydrogen (secondary N) is 1. The molecule has 138 valence electrons. The second-order valence-corrected chi connectivity index (χ2v) is 7.55. The monoisotopic (exact) mass is 359 g/mol. The fraction of sp³-hybridized carbons (Fsp3) is 0.208. The number of hydrogen-bond donors (Lipinski definition) is 1. The smallest absolute Gasteiger partial charge is 0.255 e. The van der Waals surface area contributed by atoms with Gasteiger partial charge in [0, 0.05) is 5.56 Å². The summed E-state index contributed by atoms with van der Waals surface area (Å²) in [5.41, 5.74) is 3.63. The molecule has 27 heavy (non-hydrogen) atoms. The van der Waals surface area contributed by atoms with Gasteiger partial charge in [-0.05, 0) is 40.8 Å². The zero-order valence-corrected chi connectivity index (χ0v) is 16.0. The normalized spacial score (nSPS) is 11.1. The lowest BCUT2D eigenvalue weighted by atomic mass is 9.87. The van der Waals surface area contributed by atoms with Crippen LogP contribution in [-0.2, 0) is 12.0 Å². The number of anilines is 1. The summed E-state index contributed by atoms with van der Waals surface area (Å²) in [6.07, 6.45) is 0. The number of carbonyl (C=O) groups is 1. The number of hydrogen-bond acceptors (Lipinski definition) is 2. The average Bonchev–Trinajstić information content (AvgIpc) is 2.67. The first-order chi connectivity index (χ1) is 12.9. The van der Waals surface area contributed by atoms with E-state index in [-0.39, 0.29) is 11.3 Å². The van der Waals surface area contributed by atoms with Gasteiger partial charge >= 0.3 is 0 Å². The van der Waals surface area contributed by atoms with E-state index in [1.165, 1.54) is 5.56 Å². The topological polar surface area (TPSA) is 38.3 Å². The third kappa shape index (κ3) is 4.98. The quantitative estimate of drug-likeness (QED) is 0.624. The summed E-state index contributed by atoms with van der Waals surface area (Å²) in [5.74, 6) is 0.507. The van der Waals surface area contributed by atoms with Crippen molar-refractivity contribution >= 4 is 11.6 Å². The van der Waals surface area contributed by atoms with E-state index in [9.17, 15) is 4.79 Å². The third-order valence-electron chi connectivity index (χ3n) is 4.39. The molecule has 0 bridgehead atoms. The van der Waals surface area contributed by atoms with Crippen molar-refractivity contribution < 1.29 is 9.53 Å². The van der Waals surface area contributed by atoms with Crippen molar-refractivity contribution in [2.24, 2.45) is 0 Å². The van der Waals surface area contributed by atoms with Crippen LogP contribution in [0.25, 0.3) is 0 Å².